The number of aromatic nitrogens is 1. The first kappa shape index (κ1) is 20.9. The first-order valence-electron chi connectivity index (χ1n) is 11.5. The van der Waals surface area contributed by atoms with Crippen LogP contribution >= 0.6 is 0 Å². The smallest absolute Gasteiger partial charge is 0.119 e. The zero-order valence-electron chi connectivity index (χ0n) is 17.8. The Kier molecular flexibility index (Phi) is 8.39. The molecule has 1 aliphatic rings. The first-order chi connectivity index (χ1) is 13.8. The number of unbranched alkanes of at least 4 members (excludes halogenated alkanes) is 2. The predicted octanol–water partition coefficient (Wildman–Crippen LogP) is 7.47. The summed E-state index contributed by atoms with van der Waals surface area (Å²) >= 11 is 0. The van der Waals surface area contributed by atoms with Crippen molar-refractivity contribution in [3.63, 3.8) is 0 Å². The molecule has 2 aromatic rings. The van der Waals surface area contributed by atoms with E-state index in [4.69, 9.17) is 4.74 Å². The standard InChI is InChI=1S/C26H37NO/c1-3-5-6-8-22-13-18-26(27-19-22)24-14-16-25(17-15-24)28-20-23-11-9-21(7-4-2)10-12-23/h13-19,21,23H,3-12,20H2,1-2H3. The molecule has 0 amide bonds. The molecule has 152 valence electrons. The van der Waals surface area contributed by atoms with E-state index in [1.165, 1.54) is 63.4 Å². The largest absolute Gasteiger partial charge is 0.493 e. The third-order valence-corrected chi connectivity index (χ3v) is 6.19. The van der Waals surface area contributed by atoms with Gasteiger partial charge >= 0.3 is 0 Å². The van der Waals surface area contributed by atoms with E-state index < -0.39 is 0 Å². The second-order valence-corrected chi connectivity index (χ2v) is 8.52. The van der Waals surface area contributed by atoms with E-state index in [9.17, 15) is 0 Å². The number of rotatable bonds is 10. The van der Waals surface area contributed by atoms with E-state index >= 15 is 0 Å². The van der Waals surface area contributed by atoms with Gasteiger partial charge in [-0.05, 0) is 73.4 Å². The van der Waals surface area contributed by atoms with Crippen molar-refractivity contribution >= 4 is 0 Å². The molecule has 1 fully saturated rings. The lowest BCUT2D eigenvalue weighted by atomic mass is 9.80. The van der Waals surface area contributed by atoms with Crippen molar-refractivity contribution in [2.24, 2.45) is 11.8 Å². The molecule has 2 nitrogen and oxygen atoms in total. The Labute approximate surface area is 171 Å². The van der Waals surface area contributed by atoms with Gasteiger partial charge in [-0.1, -0.05) is 58.4 Å². The van der Waals surface area contributed by atoms with Crippen molar-refractivity contribution in [1.29, 1.82) is 0 Å². The molecule has 0 N–H and O–H groups in total. The minimum atomic E-state index is 0.731. The topological polar surface area (TPSA) is 22.1 Å². The summed E-state index contributed by atoms with van der Waals surface area (Å²) in [5.74, 6) is 2.68. The second kappa shape index (κ2) is 11.2. The van der Waals surface area contributed by atoms with Crippen LogP contribution in [0.1, 0.15) is 77.2 Å². The molecule has 0 bridgehead atoms. The highest BCUT2D eigenvalue weighted by molar-refractivity contribution is 5.60. The number of hydrogen-bond donors (Lipinski definition) is 0. The number of ether oxygens (including phenoxy) is 1. The monoisotopic (exact) mass is 379 g/mol. The molecular formula is C26H37NO. The van der Waals surface area contributed by atoms with Crippen molar-refractivity contribution in [3.8, 4) is 17.0 Å². The quantitative estimate of drug-likeness (QED) is 0.399. The number of pyridine rings is 1. The van der Waals surface area contributed by atoms with Crippen molar-refractivity contribution in [2.45, 2.75) is 78.1 Å². The minimum absolute atomic E-state index is 0.731. The SMILES string of the molecule is CCCCCc1ccc(-c2ccc(OCC3CCC(CCC)CC3)cc2)nc1. The minimum Gasteiger partial charge on any atom is -0.493 e. The Hall–Kier alpha value is -1.83. The third-order valence-electron chi connectivity index (χ3n) is 6.19. The summed E-state index contributed by atoms with van der Waals surface area (Å²) in [4.78, 5) is 4.66. The van der Waals surface area contributed by atoms with Crippen LogP contribution in [-0.4, -0.2) is 11.6 Å². The fourth-order valence-corrected chi connectivity index (χ4v) is 4.35. The second-order valence-electron chi connectivity index (χ2n) is 8.52. The highest BCUT2D eigenvalue weighted by Gasteiger charge is 2.20. The molecule has 0 radical (unpaired) electrons. The summed E-state index contributed by atoms with van der Waals surface area (Å²) in [7, 11) is 0. The summed E-state index contributed by atoms with van der Waals surface area (Å²) in [5.41, 5.74) is 3.54. The molecular weight excluding hydrogens is 342 g/mol. The van der Waals surface area contributed by atoms with E-state index in [-0.39, 0.29) is 0 Å². The van der Waals surface area contributed by atoms with Gasteiger partial charge in [0.05, 0.1) is 12.3 Å². The fourth-order valence-electron chi connectivity index (χ4n) is 4.35. The van der Waals surface area contributed by atoms with Gasteiger partial charge in [-0.25, -0.2) is 0 Å². The maximum atomic E-state index is 6.09. The van der Waals surface area contributed by atoms with E-state index in [1.807, 2.05) is 6.20 Å². The number of benzene rings is 1. The summed E-state index contributed by atoms with van der Waals surface area (Å²) < 4.78 is 6.09. The summed E-state index contributed by atoms with van der Waals surface area (Å²) in [6.45, 7) is 5.41. The van der Waals surface area contributed by atoms with Gasteiger partial charge in [0.2, 0.25) is 0 Å². The van der Waals surface area contributed by atoms with Crippen molar-refractivity contribution < 1.29 is 4.74 Å². The molecule has 0 spiro atoms. The molecule has 1 heterocycles. The van der Waals surface area contributed by atoms with Crippen LogP contribution < -0.4 is 4.74 Å². The van der Waals surface area contributed by atoms with Crippen LogP contribution in [-0.2, 0) is 6.42 Å². The fraction of sp³-hybridized carbons (Fsp3) is 0.577. The third kappa shape index (κ3) is 6.36. The summed E-state index contributed by atoms with van der Waals surface area (Å²) in [6.07, 6.45) is 15.2. The Morgan fingerprint density at radius 2 is 1.61 bits per heavy atom. The maximum Gasteiger partial charge on any atom is 0.119 e. The zero-order chi connectivity index (χ0) is 19.6. The molecule has 0 atom stereocenters. The Balaban J connectivity index is 1.46. The zero-order valence-corrected chi connectivity index (χ0v) is 17.8. The van der Waals surface area contributed by atoms with Crippen LogP contribution in [0.15, 0.2) is 42.6 Å². The molecule has 1 aromatic heterocycles. The van der Waals surface area contributed by atoms with Crippen LogP contribution in [0.25, 0.3) is 11.3 Å². The van der Waals surface area contributed by atoms with E-state index in [0.29, 0.717) is 0 Å². The number of nitrogens with zero attached hydrogens (tertiary/aromatic N) is 1. The lowest BCUT2D eigenvalue weighted by Crippen LogP contribution is -2.20. The normalized spacial score (nSPS) is 19.5. The van der Waals surface area contributed by atoms with Gasteiger partial charge in [0.1, 0.15) is 5.75 Å². The van der Waals surface area contributed by atoms with Gasteiger partial charge in [-0.15, -0.1) is 0 Å². The van der Waals surface area contributed by atoms with Crippen molar-refractivity contribution in [2.75, 3.05) is 6.61 Å². The summed E-state index contributed by atoms with van der Waals surface area (Å²) in [6, 6.07) is 12.8. The molecule has 1 saturated carbocycles. The number of aryl methyl sites for hydroxylation is 1. The van der Waals surface area contributed by atoms with Crippen LogP contribution in [0.5, 0.6) is 5.75 Å². The molecule has 0 unspecified atom stereocenters. The van der Waals surface area contributed by atoms with Crippen LogP contribution in [0, 0.1) is 11.8 Å². The van der Waals surface area contributed by atoms with Gasteiger partial charge in [-0.2, -0.15) is 0 Å². The van der Waals surface area contributed by atoms with Crippen molar-refractivity contribution in [1.82, 2.24) is 4.98 Å². The van der Waals surface area contributed by atoms with Gasteiger partial charge < -0.3 is 4.74 Å². The van der Waals surface area contributed by atoms with Crippen LogP contribution in [0.4, 0.5) is 0 Å². The molecule has 3 rings (SSSR count). The molecule has 2 heteroatoms. The van der Waals surface area contributed by atoms with Crippen LogP contribution in [0.2, 0.25) is 0 Å². The molecule has 0 aliphatic heterocycles. The van der Waals surface area contributed by atoms with E-state index in [0.717, 1.165) is 41.9 Å². The average molecular weight is 380 g/mol. The van der Waals surface area contributed by atoms with E-state index in [1.54, 1.807) is 0 Å². The average Bonchev–Trinajstić information content (AvgIpc) is 2.75. The van der Waals surface area contributed by atoms with Gasteiger partial charge in [0, 0.05) is 11.8 Å². The van der Waals surface area contributed by atoms with Crippen molar-refractivity contribution in [3.05, 3.63) is 48.2 Å². The van der Waals surface area contributed by atoms with Gasteiger partial charge in [-0.3, -0.25) is 4.98 Å². The Morgan fingerprint density at radius 3 is 2.25 bits per heavy atom. The Bertz CT molecular complexity index is 669. The number of hydrogen-bond acceptors (Lipinski definition) is 2. The first-order valence-corrected chi connectivity index (χ1v) is 11.5. The van der Waals surface area contributed by atoms with Gasteiger partial charge in [0.15, 0.2) is 0 Å². The summed E-state index contributed by atoms with van der Waals surface area (Å²) in [5, 5.41) is 0. The lowest BCUT2D eigenvalue weighted by Gasteiger charge is -2.28. The maximum absolute atomic E-state index is 6.09. The highest BCUT2D eigenvalue weighted by Crippen LogP contribution is 2.32. The molecule has 28 heavy (non-hydrogen) atoms. The van der Waals surface area contributed by atoms with E-state index in [2.05, 4.69) is 55.2 Å². The molecule has 1 aliphatic carbocycles. The van der Waals surface area contributed by atoms with Crippen LogP contribution in [0.3, 0.4) is 0 Å². The predicted molar refractivity (Wildman–Crippen MR) is 119 cm³/mol. The lowest BCUT2D eigenvalue weighted by molar-refractivity contribution is 0.178. The van der Waals surface area contributed by atoms with Gasteiger partial charge in [0.25, 0.3) is 0 Å². The Morgan fingerprint density at radius 1 is 0.857 bits per heavy atom. The highest BCUT2D eigenvalue weighted by atomic mass is 16.5. The molecule has 0 saturated heterocycles. The molecule has 1 aromatic carbocycles.